The van der Waals surface area contributed by atoms with Crippen LogP contribution in [0.2, 0.25) is 0 Å². The molecular weight excluding hydrogens is 316 g/mol. The average Bonchev–Trinajstić information content (AvgIpc) is 2.96. The summed E-state index contributed by atoms with van der Waals surface area (Å²) in [7, 11) is 1.53. The molecule has 0 spiro atoms. The fourth-order valence-corrected chi connectivity index (χ4v) is 2.72. The number of carbonyl (C=O) groups is 1. The number of thiophene rings is 1. The third-order valence-electron chi connectivity index (χ3n) is 3.31. The molecule has 7 heteroatoms. The van der Waals surface area contributed by atoms with Gasteiger partial charge in [0, 0.05) is 6.07 Å². The first-order chi connectivity index (χ1) is 10.7. The third kappa shape index (κ3) is 3.87. The minimum atomic E-state index is -0.512. The Kier molecular flexibility index (Phi) is 4.70. The van der Waals surface area contributed by atoms with Gasteiger partial charge in [0.25, 0.3) is 5.91 Å². The number of hydrogen-bond acceptors (Lipinski definition) is 5. The van der Waals surface area contributed by atoms with Crippen molar-refractivity contribution in [3.05, 3.63) is 50.9 Å². The molecule has 0 radical (unpaired) electrons. The van der Waals surface area contributed by atoms with Gasteiger partial charge in [0.15, 0.2) is 0 Å². The van der Waals surface area contributed by atoms with Crippen molar-refractivity contribution in [3.63, 3.8) is 0 Å². The molecule has 2 rings (SSSR count). The van der Waals surface area contributed by atoms with Crippen molar-refractivity contribution in [1.82, 2.24) is 0 Å². The topological polar surface area (TPSA) is 81.5 Å². The summed E-state index contributed by atoms with van der Waals surface area (Å²) in [4.78, 5) is 22.8. The molecule has 0 aliphatic rings. The van der Waals surface area contributed by atoms with Gasteiger partial charge < -0.3 is 10.1 Å². The van der Waals surface area contributed by atoms with Gasteiger partial charge in [0.05, 0.1) is 22.6 Å². The average molecular weight is 334 g/mol. The maximum atomic E-state index is 12.3. The number of carbonyl (C=O) groups excluding carboxylic acids is 1. The highest BCUT2D eigenvalue weighted by Gasteiger charge is 2.19. The van der Waals surface area contributed by atoms with Crippen LogP contribution in [0.4, 0.5) is 10.7 Å². The van der Waals surface area contributed by atoms with E-state index in [1.165, 1.54) is 19.2 Å². The van der Waals surface area contributed by atoms with Gasteiger partial charge in [-0.1, -0.05) is 38.2 Å². The molecule has 23 heavy (non-hydrogen) atoms. The highest BCUT2D eigenvalue weighted by molar-refractivity contribution is 7.17. The van der Waals surface area contributed by atoms with Gasteiger partial charge in [-0.25, -0.2) is 0 Å². The predicted molar refractivity (Wildman–Crippen MR) is 90.6 cm³/mol. The van der Waals surface area contributed by atoms with Gasteiger partial charge in [0.2, 0.25) is 0 Å². The minimum absolute atomic E-state index is 0.0643. The lowest BCUT2D eigenvalue weighted by Gasteiger charge is -2.21. The molecule has 0 aliphatic carbocycles. The summed E-state index contributed by atoms with van der Waals surface area (Å²) in [5.41, 5.74) is 1.51. The molecule has 0 unspecified atom stereocenters. The molecule has 1 amide bonds. The van der Waals surface area contributed by atoms with Crippen LogP contribution in [0.5, 0.6) is 5.75 Å². The lowest BCUT2D eigenvalue weighted by Crippen LogP contribution is -2.14. The standard InChI is InChI=1S/C16H18N2O4S/c1-16(2,3)10-5-6-12(22-4)11(9-10)17-15(19)13-7-8-14(23-13)18(20)21/h5-9H,1-4H3,(H,17,19). The fraction of sp³-hybridized carbons (Fsp3) is 0.312. The summed E-state index contributed by atoms with van der Waals surface area (Å²) in [5, 5.41) is 13.4. The molecular formula is C16H18N2O4S. The Bertz CT molecular complexity index is 747. The highest BCUT2D eigenvalue weighted by atomic mass is 32.1. The molecule has 1 heterocycles. The van der Waals surface area contributed by atoms with Crippen molar-refractivity contribution in [2.24, 2.45) is 0 Å². The van der Waals surface area contributed by atoms with Crippen LogP contribution < -0.4 is 10.1 Å². The Balaban J connectivity index is 2.30. The van der Waals surface area contributed by atoms with E-state index in [1.807, 2.05) is 12.1 Å². The Labute approximate surface area is 138 Å². The second kappa shape index (κ2) is 6.37. The minimum Gasteiger partial charge on any atom is -0.495 e. The highest BCUT2D eigenvalue weighted by Crippen LogP contribution is 2.32. The number of ether oxygens (including phenoxy) is 1. The monoisotopic (exact) mass is 334 g/mol. The van der Waals surface area contributed by atoms with E-state index < -0.39 is 10.8 Å². The lowest BCUT2D eigenvalue weighted by atomic mass is 9.87. The van der Waals surface area contributed by atoms with Crippen molar-refractivity contribution in [1.29, 1.82) is 0 Å². The number of nitrogens with one attached hydrogen (secondary N) is 1. The maximum Gasteiger partial charge on any atom is 0.324 e. The molecule has 0 saturated carbocycles. The molecule has 2 aromatic rings. The van der Waals surface area contributed by atoms with Gasteiger partial charge in [-0.05, 0) is 29.2 Å². The van der Waals surface area contributed by atoms with Gasteiger partial charge >= 0.3 is 5.00 Å². The lowest BCUT2D eigenvalue weighted by molar-refractivity contribution is -0.380. The van der Waals surface area contributed by atoms with Gasteiger partial charge in [-0.15, -0.1) is 0 Å². The second-order valence-corrected chi connectivity index (χ2v) is 7.08. The number of benzene rings is 1. The number of nitro groups is 1. The van der Waals surface area contributed by atoms with E-state index in [9.17, 15) is 14.9 Å². The van der Waals surface area contributed by atoms with Crippen molar-refractivity contribution < 1.29 is 14.5 Å². The Morgan fingerprint density at radius 1 is 1.26 bits per heavy atom. The van der Waals surface area contributed by atoms with Crippen LogP contribution in [-0.2, 0) is 5.41 Å². The molecule has 0 fully saturated rings. The summed E-state index contributed by atoms with van der Waals surface area (Å²) in [6, 6.07) is 8.37. The predicted octanol–water partition coefficient (Wildman–Crippen LogP) is 4.21. The largest absolute Gasteiger partial charge is 0.495 e. The van der Waals surface area contributed by atoms with Crippen LogP contribution in [-0.4, -0.2) is 17.9 Å². The van der Waals surface area contributed by atoms with Gasteiger partial charge in [-0.2, -0.15) is 0 Å². The first-order valence-electron chi connectivity index (χ1n) is 6.96. The second-order valence-electron chi connectivity index (χ2n) is 6.01. The van der Waals surface area contributed by atoms with E-state index in [0.29, 0.717) is 11.4 Å². The Hall–Kier alpha value is -2.41. The Morgan fingerprint density at radius 2 is 1.96 bits per heavy atom. The normalized spacial score (nSPS) is 11.1. The first-order valence-corrected chi connectivity index (χ1v) is 7.78. The number of amides is 1. The van der Waals surface area contributed by atoms with E-state index >= 15 is 0 Å². The van der Waals surface area contributed by atoms with E-state index in [-0.39, 0.29) is 15.3 Å². The molecule has 6 nitrogen and oxygen atoms in total. The summed E-state index contributed by atoms with van der Waals surface area (Å²) >= 11 is 0.840. The fourth-order valence-electron chi connectivity index (χ4n) is 2.00. The van der Waals surface area contributed by atoms with Crippen molar-refractivity contribution in [3.8, 4) is 5.75 Å². The SMILES string of the molecule is COc1ccc(C(C)(C)C)cc1NC(=O)c1ccc([N+](=O)[O-])s1. The van der Waals surface area contributed by atoms with E-state index in [4.69, 9.17) is 4.74 Å². The maximum absolute atomic E-state index is 12.3. The van der Waals surface area contributed by atoms with E-state index in [2.05, 4.69) is 26.1 Å². The zero-order chi connectivity index (χ0) is 17.2. The molecule has 0 atom stereocenters. The van der Waals surface area contributed by atoms with Crippen LogP contribution in [0, 0.1) is 10.1 Å². The molecule has 122 valence electrons. The number of anilines is 1. The van der Waals surface area contributed by atoms with Gasteiger partial charge in [0.1, 0.15) is 5.75 Å². The summed E-state index contributed by atoms with van der Waals surface area (Å²) < 4.78 is 5.27. The van der Waals surface area contributed by atoms with Crippen molar-refractivity contribution in [2.75, 3.05) is 12.4 Å². The van der Waals surface area contributed by atoms with Crippen LogP contribution in [0.15, 0.2) is 30.3 Å². The zero-order valence-electron chi connectivity index (χ0n) is 13.4. The van der Waals surface area contributed by atoms with Gasteiger partial charge in [-0.3, -0.25) is 14.9 Å². The van der Waals surface area contributed by atoms with Crippen LogP contribution in [0.25, 0.3) is 0 Å². The molecule has 0 saturated heterocycles. The zero-order valence-corrected chi connectivity index (χ0v) is 14.2. The third-order valence-corrected chi connectivity index (χ3v) is 4.34. The number of nitrogens with zero attached hydrogens (tertiary/aromatic N) is 1. The molecule has 0 aliphatic heterocycles. The van der Waals surface area contributed by atoms with Crippen LogP contribution >= 0.6 is 11.3 Å². The first kappa shape index (κ1) is 17.0. The van der Waals surface area contributed by atoms with Crippen molar-refractivity contribution >= 4 is 27.9 Å². The number of hydrogen-bond donors (Lipinski definition) is 1. The summed E-state index contributed by atoms with van der Waals surface area (Å²) in [5.74, 6) is 0.143. The smallest absolute Gasteiger partial charge is 0.324 e. The number of rotatable bonds is 4. The Morgan fingerprint density at radius 3 is 2.48 bits per heavy atom. The summed E-state index contributed by atoms with van der Waals surface area (Å²) in [6.07, 6.45) is 0. The molecule has 1 aromatic heterocycles. The van der Waals surface area contributed by atoms with Crippen molar-refractivity contribution in [2.45, 2.75) is 26.2 Å². The van der Waals surface area contributed by atoms with Crippen LogP contribution in [0.3, 0.4) is 0 Å². The van der Waals surface area contributed by atoms with Crippen LogP contribution in [0.1, 0.15) is 36.0 Å². The molecule has 0 bridgehead atoms. The summed E-state index contributed by atoms with van der Waals surface area (Å²) in [6.45, 7) is 6.22. The number of methoxy groups -OCH3 is 1. The molecule has 1 aromatic carbocycles. The molecule has 1 N–H and O–H groups in total. The van der Waals surface area contributed by atoms with E-state index in [0.717, 1.165) is 16.9 Å². The quantitative estimate of drug-likeness (QED) is 0.670. The van der Waals surface area contributed by atoms with E-state index in [1.54, 1.807) is 6.07 Å².